The third kappa shape index (κ3) is 2.57. The van der Waals surface area contributed by atoms with Crippen LogP contribution in [0, 0.1) is 6.92 Å². The first kappa shape index (κ1) is 12.9. The molecule has 0 atom stereocenters. The van der Waals surface area contributed by atoms with Crippen LogP contribution in [0.15, 0.2) is 42.7 Å². The molecule has 0 saturated carbocycles. The normalized spacial score (nSPS) is 14.5. The molecule has 1 aromatic carbocycles. The van der Waals surface area contributed by atoms with E-state index in [0.717, 1.165) is 28.5 Å². The molecule has 0 aliphatic carbocycles. The Morgan fingerprint density at radius 3 is 3.04 bits per heavy atom. The number of anilines is 3. The van der Waals surface area contributed by atoms with Gasteiger partial charge in [0.05, 0.1) is 46.2 Å². The van der Waals surface area contributed by atoms with Crippen molar-refractivity contribution < 1.29 is 8.91 Å². The van der Waals surface area contributed by atoms with E-state index in [1.807, 2.05) is 42.2 Å². The van der Waals surface area contributed by atoms with Gasteiger partial charge in [0.1, 0.15) is 0 Å². The monoisotopic (exact) mass is 351 g/mol. The van der Waals surface area contributed by atoms with Gasteiger partial charge >= 0.3 is 0 Å². The number of hydrogen-bond donors (Lipinski definition) is 2. The predicted octanol–water partition coefficient (Wildman–Crippen LogP) is 2.63. The number of benzene rings is 1. The van der Waals surface area contributed by atoms with Crippen LogP contribution in [0.3, 0.4) is 0 Å². The molecule has 3 aromatic rings. The van der Waals surface area contributed by atoms with Crippen molar-refractivity contribution in [1.29, 1.82) is 0 Å². The summed E-state index contributed by atoms with van der Waals surface area (Å²) >= 11 is 0. The van der Waals surface area contributed by atoms with Gasteiger partial charge < -0.3 is 15.5 Å². The number of amides is 1. The van der Waals surface area contributed by atoms with E-state index < -0.39 is 12.9 Å². The second-order valence-electron chi connectivity index (χ2n) is 6.22. The highest BCUT2D eigenvalue weighted by Gasteiger charge is 2.24. The van der Waals surface area contributed by atoms with Crippen LogP contribution in [-0.2, 0) is 6.54 Å². The van der Waals surface area contributed by atoms with Crippen molar-refractivity contribution in [2.75, 3.05) is 24.2 Å². The van der Waals surface area contributed by atoms with Crippen molar-refractivity contribution in [1.82, 2.24) is 20.1 Å². The highest BCUT2D eigenvalue weighted by atomic mass is 16.1. The maximum absolute atomic E-state index is 12.4. The Labute approximate surface area is 155 Å². The lowest BCUT2D eigenvalue weighted by Crippen LogP contribution is -2.26. The molecule has 0 fully saturated rings. The average Bonchev–Trinajstić information content (AvgIpc) is 3.01. The number of hydrogen-bond acceptors (Lipinski definition) is 5. The van der Waals surface area contributed by atoms with E-state index in [2.05, 4.69) is 26.4 Å². The predicted molar refractivity (Wildman–Crippen MR) is 101 cm³/mol. The van der Waals surface area contributed by atoms with Crippen molar-refractivity contribution >= 4 is 23.0 Å². The molecule has 1 aliphatic rings. The van der Waals surface area contributed by atoms with E-state index in [0.29, 0.717) is 12.2 Å². The second kappa shape index (κ2) is 6.18. The summed E-state index contributed by atoms with van der Waals surface area (Å²) in [5, 5.41) is 9.86. The standard InChI is InChI=1S/C19H20N6O/c1-12-9-13-11-24(3)18-16(5-4-6-17(18)25(13)23-12)22-15-7-8-21-10-14(15)19(26)20-2/h4-10H,11H2,1-3H3,(H,20,26)(H,21,22)/i2D3. The van der Waals surface area contributed by atoms with Gasteiger partial charge in [0.25, 0.3) is 5.91 Å². The van der Waals surface area contributed by atoms with E-state index >= 15 is 0 Å². The lowest BCUT2D eigenvalue weighted by Gasteiger charge is -2.30. The van der Waals surface area contributed by atoms with Crippen LogP contribution in [-0.4, -0.2) is 34.7 Å². The summed E-state index contributed by atoms with van der Waals surface area (Å²) in [5.74, 6) is -0.719. The highest BCUT2D eigenvalue weighted by Crippen LogP contribution is 2.38. The number of para-hydroxylation sites is 1. The van der Waals surface area contributed by atoms with Gasteiger partial charge in [-0.1, -0.05) is 6.07 Å². The van der Waals surface area contributed by atoms with Gasteiger partial charge in [-0.2, -0.15) is 5.10 Å². The molecule has 0 saturated heterocycles. The Balaban J connectivity index is 1.74. The van der Waals surface area contributed by atoms with Crippen LogP contribution in [0.1, 0.15) is 25.9 Å². The number of fused-ring (bicyclic) bond motifs is 3. The Morgan fingerprint density at radius 2 is 2.19 bits per heavy atom. The third-order valence-corrected chi connectivity index (χ3v) is 4.38. The summed E-state index contributed by atoms with van der Waals surface area (Å²) in [6.45, 7) is 0.0693. The molecule has 2 N–H and O–H groups in total. The van der Waals surface area contributed by atoms with Crippen molar-refractivity contribution in [3.05, 3.63) is 59.7 Å². The summed E-state index contributed by atoms with van der Waals surface area (Å²) in [5.41, 5.74) is 5.28. The van der Waals surface area contributed by atoms with Crippen LogP contribution in [0.2, 0.25) is 0 Å². The fraction of sp³-hybridized carbons (Fsp3) is 0.211. The Bertz CT molecular complexity index is 1090. The van der Waals surface area contributed by atoms with Gasteiger partial charge in [0, 0.05) is 30.5 Å². The SMILES string of the molecule is [2H]C([2H])([2H])NC(=O)c1cnccc1Nc1cccc2c1N(C)Cc1cc(C)nn1-2. The number of nitrogens with one attached hydrogen (secondary N) is 2. The topological polar surface area (TPSA) is 75.1 Å². The van der Waals surface area contributed by atoms with Crippen LogP contribution in [0.25, 0.3) is 5.69 Å². The largest absolute Gasteiger partial charge is 0.365 e. The maximum atomic E-state index is 12.4. The minimum Gasteiger partial charge on any atom is -0.365 e. The Kier molecular flexibility index (Phi) is 3.07. The molecule has 0 spiro atoms. The molecule has 26 heavy (non-hydrogen) atoms. The molecule has 4 rings (SSSR count). The minimum absolute atomic E-state index is 0.148. The first-order valence-corrected chi connectivity index (χ1v) is 8.16. The lowest BCUT2D eigenvalue weighted by atomic mass is 10.1. The first-order chi connectivity index (χ1) is 13.7. The molecule has 7 heteroatoms. The molecule has 2 aromatic heterocycles. The van der Waals surface area contributed by atoms with Crippen molar-refractivity contribution in [2.45, 2.75) is 13.5 Å². The molecular formula is C19H20N6O. The molecule has 0 unspecified atom stereocenters. The maximum Gasteiger partial charge on any atom is 0.254 e. The Morgan fingerprint density at radius 1 is 1.31 bits per heavy atom. The average molecular weight is 351 g/mol. The van der Waals surface area contributed by atoms with E-state index in [4.69, 9.17) is 4.11 Å². The van der Waals surface area contributed by atoms with Gasteiger partial charge in [-0.15, -0.1) is 0 Å². The fourth-order valence-corrected chi connectivity index (χ4v) is 3.30. The van der Waals surface area contributed by atoms with E-state index in [-0.39, 0.29) is 5.56 Å². The fourth-order valence-electron chi connectivity index (χ4n) is 3.30. The molecule has 1 aliphatic heterocycles. The van der Waals surface area contributed by atoms with E-state index in [9.17, 15) is 4.79 Å². The lowest BCUT2D eigenvalue weighted by molar-refractivity contribution is 0.0963. The van der Waals surface area contributed by atoms with Crippen molar-refractivity contribution in [2.24, 2.45) is 0 Å². The summed E-state index contributed by atoms with van der Waals surface area (Å²) in [4.78, 5) is 18.5. The van der Waals surface area contributed by atoms with Crippen molar-refractivity contribution in [3.8, 4) is 5.69 Å². The number of carbonyl (C=O) groups excluding carboxylic acids is 1. The zero-order valence-electron chi connectivity index (χ0n) is 17.4. The van der Waals surface area contributed by atoms with Crippen LogP contribution in [0.5, 0.6) is 0 Å². The molecule has 7 nitrogen and oxygen atoms in total. The van der Waals surface area contributed by atoms with Crippen LogP contribution in [0.4, 0.5) is 17.1 Å². The molecule has 132 valence electrons. The van der Waals surface area contributed by atoms with E-state index in [1.165, 1.54) is 6.20 Å². The second-order valence-corrected chi connectivity index (χ2v) is 6.22. The first-order valence-electron chi connectivity index (χ1n) is 9.66. The van der Waals surface area contributed by atoms with E-state index in [1.54, 1.807) is 12.3 Å². The summed E-state index contributed by atoms with van der Waals surface area (Å²) < 4.78 is 23.7. The molecule has 0 radical (unpaired) electrons. The van der Waals surface area contributed by atoms with Crippen molar-refractivity contribution in [3.63, 3.8) is 0 Å². The Hall–Kier alpha value is -3.35. The van der Waals surface area contributed by atoms with Crippen LogP contribution < -0.4 is 15.5 Å². The van der Waals surface area contributed by atoms with Crippen LogP contribution >= 0.6 is 0 Å². The molecule has 0 bridgehead atoms. The quantitative estimate of drug-likeness (QED) is 0.759. The third-order valence-electron chi connectivity index (χ3n) is 4.38. The number of aryl methyl sites for hydroxylation is 1. The summed E-state index contributed by atoms with van der Waals surface area (Å²) in [6.07, 6.45) is 2.89. The molecule has 3 heterocycles. The van der Waals surface area contributed by atoms with Gasteiger partial charge in [-0.3, -0.25) is 9.78 Å². The van der Waals surface area contributed by atoms with Gasteiger partial charge in [-0.25, -0.2) is 4.68 Å². The zero-order chi connectivity index (χ0) is 20.8. The zero-order valence-corrected chi connectivity index (χ0v) is 14.4. The summed E-state index contributed by atoms with van der Waals surface area (Å²) in [6, 6.07) is 9.49. The van der Waals surface area contributed by atoms with Gasteiger partial charge in [0.15, 0.2) is 0 Å². The minimum atomic E-state index is -2.58. The number of rotatable bonds is 3. The van der Waals surface area contributed by atoms with Gasteiger partial charge in [0.2, 0.25) is 0 Å². The molecular weight excluding hydrogens is 328 g/mol. The highest BCUT2D eigenvalue weighted by molar-refractivity contribution is 6.00. The number of carbonyl (C=O) groups is 1. The summed E-state index contributed by atoms with van der Waals surface area (Å²) in [7, 11) is 1.99. The smallest absolute Gasteiger partial charge is 0.254 e. The molecule has 1 amide bonds. The van der Waals surface area contributed by atoms with Gasteiger partial charge in [-0.05, 0) is 31.2 Å². The number of nitrogens with zero attached hydrogens (tertiary/aromatic N) is 4. The number of pyridine rings is 1. The number of aromatic nitrogens is 3.